The van der Waals surface area contributed by atoms with Crippen molar-refractivity contribution in [3.05, 3.63) is 0 Å². The van der Waals surface area contributed by atoms with Crippen LogP contribution in [0.5, 0.6) is 0 Å². The Hall–Kier alpha value is -0.330. The van der Waals surface area contributed by atoms with Gasteiger partial charge in [-0.15, -0.1) is 0 Å². The molecule has 0 N–H and O–H groups in total. The maximum Gasteiger partial charge on any atom is 0.0786 e. The molecule has 0 atom stereocenters. The van der Waals surface area contributed by atoms with Gasteiger partial charge in [0.25, 0.3) is 0 Å². The zero-order chi connectivity index (χ0) is 17.1. The quantitative estimate of drug-likeness (QED) is 0.174. The van der Waals surface area contributed by atoms with Gasteiger partial charge in [0.1, 0.15) is 0 Å². The number of thiocyanates is 1. The minimum atomic E-state index is 1.33. The number of hydrogen-bond donors (Lipinski definition) is 0. The first-order valence-electron chi connectivity index (χ1n) is 9.52. The normalized spacial score (nSPS) is 10.7. The third-order valence-corrected chi connectivity index (χ3v) is 4.44. The van der Waals surface area contributed by atoms with Gasteiger partial charge in [-0.05, 0) is 32.1 Å². The van der Waals surface area contributed by atoms with Crippen LogP contribution in [0.2, 0.25) is 0 Å². The zero-order valence-electron chi connectivity index (χ0n) is 15.7. The van der Waals surface area contributed by atoms with Crippen molar-refractivity contribution in [2.24, 2.45) is 0 Å². The Labute approximate surface area is 146 Å². The molecule has 3 heteroatoms. The lowest BCUT2D eigenvalue weighted by atomic mass is 10.1. The van der Waals surface area contributed by atoms with E-state index in [0.29, 0.717) is 0 Å². The van der Waals surface area contributed by atoms with Crippen molar-refractivity contribution < 1.29 is 4.48 Å². The largest absolute Gasteiger partial charge is 0.696 e. The molecule has 0 aliphatic carbocycles. The molecule has 0 rings (SSSR count). The highest BCUT2D eigenvalue weighted by Crippen LogP contribution is 2.17. The molecule has 0 fully saturated rings. The highest BCUT2D eigenvalue weighted by molar-refractivity contribution is 7.64. The van der Waals surface area contributed by atoms with Crippen LogP contribution in [0.25, 0.3) is 0 Å². The lowest BCUT2D eigenvalue weighted by Gasteiger charge is -2.39. The Bertz CT molecular complexity index is 227. The number of quaternary nitrogens is 1. The first-order valence-corrected chi connectivity index (χ1v) is 9.93. The van der Waals surface area contributed by atoms with Gasteiger partial charge in [-0.25, -0.2) is 5.26 Å². The average Bonchev–Trinajstić information content (AvgIpc) is 2.53. The monoisotopic (exact) mass is 328 g/mol. The lowest BCUT2D eigenvalue weighted by molar-refractivity contribution is -0.929. The molecule has 0 spiro atoms. The second-order valence-electron chi connectivity index (χ2n) is 6.45. The van der Waals surface area contributed by atoms with Gasteiger partial charge in [-0.2, -0.15) is 0 Å². The van der Waals surface area contributed by atoms with Crippen LogP contribution in [-0.2, 0) is 12.6 Å². The predicted octanol–water partition coefficient (Wildman–Crippen LogP) is 5.80. The highest BCUT2D eigenvalue weighted by Gasteiger charge is 2.24. The van der Waals surface area contributed by atoms with Crippen LogP contribution in [0.4, 0.5) is 0 Å². The van der Waals surface area contributed by atoms with Crippen LogP contribution in [0, 0.1) is 10.7 Å². The molecule has 0 aliphatic rings. The maximum atomic E-state index is 7.13. The van der Waals surface area contributed by atoms with Gasteiger partial charge in [0.2, 0.25) is 0 Å². The van der Waals surface area contributed by atoms with Gasteiger partial charge in [-0.3, -0.25) is 0 Å². The molecule has 0 aliphatic heterocycles. The number of hydrogen-bond acceptors (Lipinski definition) is 2. The molecule has 132 valence electrons. The Morgan fingerprint density at radius 2 is 0.955 bits per heavy atom. The van der Waals surface area contributed by atoms with Crippen LogP contribution >= 0.6 is 0 Å². The van der Waals surface area contributed by atoms with E-state index in [1.54, 1.807) is 0 Å². The van der Waals surface area contributed by atoms with Crippen LogP contribution in [0.15, 0.2) is 0 Å². The van der Waals surface area contributed by atoms with Gasteiger partial charge in [0.05, 0.1) is 26.2 Å². The zero-order valence-corrected chi connectivity index (χ0v) is 16.5. The summed E-state index contributed by atoms with van der Waals surface area (Å²) in [7, 11) is 0. The van der Waals surface area contributed by atoms with Gasteiger partial charge >= 0.3 is 0 Å². The summed E-state index contributed by atoms with van der Waals surface area (Å²) in [4.78, 5) is 0. The summed E-state index contributed by atoms with van der Waals surface area (Å²) in [6.45, 7) is 15.1. The lowest BCUT2D eigenvalue weighted by Crippen LogP contribution is -2.50. The number of nitriles is 1. The van der Waals surface area contributed by atoms with E-state index < -0.39 is 0 Å². The SMILES string of the molecule is CCCCCC[N+](CCCC)(CCCC)CCCC.N#C[S-]. The first kappa shape index (κ1) is 23.9. The average molecular weight is 329 g/mol. The molecule has 0 saturated heterocycles. The molecule has 0 aromatic heterocycles. The molecule has 0 radical (unpaired) electrons. The van der Waals surface area contributed by atoms with E-state index in [-0.39, 0.29) is 0 Å². The fourth-order valence-electron chi connectivity index (χ4n) is 3.03. The summed E-state index contributed by atoms with van der Waals surface area (Å²) in [5.41, 5.74) is 0. The van der Waals surface area contributed by atoms with E-state index in [2.05, 4.69) is 40.3 Å². The van der Waals surface area contributed by atoms with Gasteiger partial charge in [-0.1, -0.05) is 65.2 Å². The van der Waals surface area contributed by atoms with Crippen molar-refractivity contribution in [3.8, 4) is 5.40 Å². The number of nitrogens with zero attached hydrogens (tertiary/aromatic N) is 2. The summed E-state index contributed by atoms with van der Waals surface area (Å²) in [6, 6.07) is 0. The molecule has 0 aromatic carbocycles. The van der Waals surface area contributed by atoms with Crippen LogP contribution in [0.3, 0.4) is 0 Å². The van der Waals surface area contributed by atoms with Crippen molar-refractivity contribution in [3.63, 3.8) is 0 Å². The van der Waals surface area contributed by atoms with E-state index in [1.807, 2.05) is 0 Å². The molecular weight excluding hydrogens is 288 g/mol. The summed E-state index contributed by atoms with van der Waals surface area (Å²) in [6.07, 6.45) is 14.0. The van der Waals surface area contributed by atoms with Crippen molar-refractivity contribution >= 4 is 12.6 Å². The van der Waals surface area contributed by atoms with Crippen molar-refractivity contribution in [1.29, 1.82) is 5.26 Å². The molecule has 0 saturated carbocycles. The van der Waals surface area contributed by atoms with Crippen molar-refractivity contribution in [2.45, 2.75) is 91.9 Å². The minimum Gasteiger partial charge on any atom is -0.696 e. The van der Waals surface area contributed by atoms with Gasteiger partial charge in [0.15, 0.2) is 0 Å². The molecular formula is C19H40N2S. The van der Waals surface area contributed by atoms with E-state index in [4.69, 9.17) is 5.26 Å². The first-order chi connectivity index (χ1) is 10.7. The fraction of sp³-hybridized carbons (Fsp3) is 0.947. The fourth-order valence-corrected chi connectivity index (χ4v) is 3.03. The Balaban J connectivity index is 0. The van der Waals surface area contributed by atoms with E-state index in [0.717, 1.165) is 0 Å². The Kier molecular flexibility index (Phi) is 20.4. The Morgan fingerprint density at radius 3 is 1.27 bits per heavy atom. The second-order valence-corrected chi connectivity index (χ2v) is 6.63. The predicted molar refractivity (Wildman–Crippen MR) is 102 cm³/mol. The van der Waals surface area contributed by atoms with E-state index >= 15 is 0 Å². The van der Waals surface area contributed by atoms with E-state index in [1.165, 1.54) is 100 Å². The number of unbranched alkanes of at least 4 members (excludes halogenated alkanes) is 6. The van der Waals surface area contributed by atoms with Crippen molar-refractivity contribution in [1.82, 2.24) is 0 Å². The molecule has 22 heavy (non-hydrogen) atoms. The molecule has 0 heterocycles. The third kappa shape index (κ3) is 14.6. The van der Waals surface area contributed by atoms with Gasteiger partial charge < -0.3 is 17.1 Å². The number of rotatable bonds is 14. The molecule has 0 amide bonds. The van der Waals surface area contributed by atoms with Crippen LogP contribution in [-0.4, -0.2) is 30.7 Å². The summed E-state index contributed by atoms with van der Waals surface area (Å²) < 4.78 is 1.43. The summed E-state index contributed by atoms with van der Waals surface area (Å²) in [5, 5.41) is 8.47. The third-order valence-electron chi connectivity index (χ3n) is 4.44. The molecule has 0 bridgehead atoms. The van der Waals surface area contributed by atoms with Crippen molar-refractivity contribution in [2.75, 3.05) is 26.2 Å². The standard InChI is InChI=1S/C18H40N.CHNS/c1-5-9-13-14-18-19(15-10-6-2,16-11-7-3)17-12-8-4;2-1-3/h5-18H2,1-4H3;3H/q+1;/p-1. The second kappa shape index (κ2) is 18.7. The summed E-state index contributed by atoms with van der Waals surface area (Å²) in [5.74, 6) is 0. The van der Waals surface area contributed by atoms with E-state index in [9.17, 15) is 0 Å². The van der Waals surface area contributed by atoms with Crippen LogP contribution < -0.4 is 0 Å². The molecule has 0 unspecified atom stereocenters. The molecule has 2 nitrogen and oxygen atoms in total. The highest BCUT2D eigenvalue weighted by atomic mass is 32.1. The Morgan fingerprint density at radius 1 is 0.636 bits per heavy atom. The topological polar surface area (TPSA) is 23.8 Å². The maximum absolute atomic E-state index is 7.13. The minimum absolute atomic E-state index is 1.33. The molecule has 0 aromatic rings. The smallest absolute Gasteiger partial charge is 0.0786 e. The van der Waals surface area contributed by atoms with Gasteiger partial charge in [0, 0.05) is 0 Å². The van der Waals surface area contributed by atoms with Crippen LogP contribution in [0.1, 0.15) is 91.9 Å². The summed E-state index contributed by atoms with van der Waals surface area (Å²) >= 11 is 3.70.